The third-order valence-electron chi connectivity index (χ3n) is 4.75. The molecule has 0 aliphatic rings. The van der Waals surface area contributed by atoms with Gasteiger partial charge in [-0.3, -0.25) is 9.78 Å². The molecule has 1 heterocycles. The van der Waals surface area contributed by atoms with Gasteiger partial charge in [-0.05, 0) is 56.7 Å². The summed E-state index contributed by atoms with van der Waals surface area (Å²) in [5, 5.41) is 2.92. The van der Waals surface area contributed by atoms with E-state index in [1.165, 1.54) is 0 Å². The van der Waals surface area contributed by atoms with Crippen LogP contribution >= 0.6 is 0 Å². The Balaban J connectivity index is 1.73. The number of ether oxygens (including phenoxy) is 3. The minimum Gasteiger partial charge on any atom is -0.490 e. The number of nitrogens with zero attached hydrogens (tertiary/aromatic N) is 1. The van der Waals surface area contributed by atoms with Crippen molar-refractivity contribution in [3.05, 3.63) is 77.6 Å². The normalized spacial score (nSPS) is 11.6. The topological polar surface area (TPSA) is 69.7 Å². The maximum Gasteiger partial charge on any atom is 0.257 e. The highest BCUT2D eigenvalue weighted by Crippen LogP contribution is 2.32. The van der Waals surface area contributed by atoms with Gasteiger partial charge < -0.3 is 19.5 Å². The van der Waals surface area contributed by atoms with E-state index in [0.717, 1.165) is 12.1 Å². The highest BCUT2D eigenvalue weighted by molar-refractivity contribution is 6.05. The molecule has 6 heteroatoms. The molecule has 0 bridgehead atoms. The number of aryl methyl sites for hydroxylation is 1. The number of anilines is 1. The van der Waals surface area contributed by atoms with Crippen LogP contribution in [-0.2, 0) is 4.74 Å². The molecule has 2 aromatic carbocycles. The van der Waals surface area contributed by atoms with Gasteiger partial charge in [0, 0.05) is 18.9 Å². The fraction of sp³-hybridized carbons (Fsp3) is 0.280. The van der Waals surface area contributed by atoms with Crippen LogP contribution in [0.1, 0.15) is 48.1 Å². The van der Waals surface area contributed by atoms with E-state index in [1.807, 2.05) is 62.4 Å². The smallest absolute Gasteiger partial charge is 0.257 e. The van der Waals surface area contributed by atoms with Crippen molar-refractivity contribution in [2.45, 2.75) is 33.3 Å². The molecule has 162 valence electrons. The van der Waals surface area contributed by atoms with E-state index in [2.05, 4.69) is 17.2 Å². The Hall–Kier alpha value is -3.38. The maximum atomic E-state index is 12.8. The van der Waals surface area contributed by atoms with Gasteiger partial charge in [-0.15, -0.1) is 0 Å². The highest BCUT2D eigenvalue weighted by atomic mass is 16.5. The summed E-state index contributed by atoms with van der Waals surface area (Å²) in [4.78, 5) is 17.3. The zero-order chi connectivity index (χ0) is 22.2. The van der Waals surface area contributed by atoms with Crippen molar-refractivity contribution in [2.24, 2.45) is 0 Å². The number of benzene rings is 2. The summed E-state index contributed by atoms with van der Waals surface area (Å²) in [5.74, 6) is 1.68. The van der Waals surface area contributed by atoms with E-state index < -0.39 is 0 Å². The number of nitrogens with one attached hydrogen (secondary N) is 1. The predicted octanol–water partition coefficient (Wildman–Crippen LogP) is 5.93. The fourth-order valence-electron chi connectivity index (χ4n) is 3.00. The first-order chi connectivity index (χ1) is 15.0. The maximum absolute atomic E-state index is 12.8. The Morgan fingerprint density at radius 3 is 2.55 bits per heavy atom. The summed E-state index contributed by atoms with van der Waals surface area (Å²) in [5.41, 5.74) is 2.57. The Kier molecular flexibility index (Phi) is 7.62. The Morgan fingerprint density at radius 2 is 1.84 bits per heavy atom. The van der Waals surface area contributed by atoms with Crippen LogP contribution in [0.5, 0.6) is 17.2 Å². The van der Waals surface area contributed by atoms with Crippen LogP contribution in [0.3, 0.4) is 0 Å². The van der Waals surface area contributed by atoms with Crippen LogP contribution in [0.25, 0.3) is 0 Å². The van der Waals surface area contributed by atoms with Crippen molar-refractivity contribution in [2.75, 3.05) is 19.0 Å². The predicted molar refractivity (Wildman–Crippen MR) is 121 cm³/mol. The van der Waals surface area contributed by atoms with Crippen LogP contribution in [0.15, 0.2) is 60.7 Å². The molecular weight excluding hydrogens is 392 g/mol. The lowest BCUT2D eigenvalue weighted by Gasteiger charge is -2.14. The summed E-state index contributed by atoms with van der Waals surface area (Å²) in [6, 6.07) is 18.4. The average molecular weight is 421 g/mol. The van der Waals surface area contributed by atoms with Crippen molar-refractivity contribution in [3.8, 4) is 17.2 Å². The Morgan fingerprint density at radius 1 is 1.06 bits per heavy atom. The van der Waals surface area contributed by atoms with Crippen molar-refractivity contribution in [3.63, 3.8) is 0 Å². The molecule has 1 unspecified atom stereocenters. The second-order valence-electron chi connectivity index (χ2n) is 7.13. The Labute approximate surface area is 183 Å². The lowest BCUT2D eigenvalue weighted by atomic mass is 10.1. The molecule has 1 amide bonds. The van der Waals surface area contributed by atoms with E-state index in [4.69, 9.17) is 14.2 Å². The molecule has 0 aliphatic heterocycles. The number of aromatic nitrogens is 1. The highest BCUT2D eigenvalue weighted by Gasteiger charge is 2.14. The molecule has 0 saturated heterocycles. The summed E-state index contributed by atoms with van der Waals surface area (Å²) in [6.07, 6.45) is 0.781. The summed E-state index contributed by atoms with van der Waals surface area (Å²) < 4.78 is 17.1. The second kappa shape index (κ2) is 10.6. The standard InChI is InChI=1S/C25H28N2O4/c1-5-15-30-23-11-6-7-12-24(23)31-20-10-8-9-19(16-20)27-25(28)21-13-14-22(18(3)29-4)26-17(21)2/h6-14,16,18H,5,15H2,1-4H3,(H,27,28). The van der Waals surface area contributed by atoms with E-state index >= 15 is 0 Å². The summed E-state index contributed by atoms with van der Waals surface area (Å²) in [6.45, 7) is 6.40. The molecule has 0 saturated carbocycles. The lowest BCUT2D eigenvalue weighted by molar-refractivity contribution is 0.102. The largest absolute Gasteiger partial charge is 0.490 e. The number of amides is 1. The van der Waals surface area contributed by atoms with Gasteiger partial charge in [-0.2, -0.15) is 0 Å². The van der Waals surface area contributed by atoms with Crippen molar-refractivity contribution in [1.82, 2.24) is 4.98 Å². The SMILES string of the molecule is CCCOc1ccccc1Oc1cccc(NC(=O)c2ccc(C(C)OC)nc2C)c1. The number of hydrogen-bond donors (Lipinski definition) is 1. The molecule has 0 fully saturated rings. The third kappa shape index (κ3) is 5.83. The van der Waals surface area contributed by atoms with Gasteiger partial charge in [-0.1, -0.05) is 25.1 Å². The first kappa shape index (κ1) is 22.3. The van der Waals surface area contributed by atoms with Gasteiger partial charge in [0.15, 0.2) is 11.5 Å². The van der Waals surface area contributed by atoms with E-state index in [-0.39, 0.29) is 12.0 Å². The monoisotopic (exact) mass is 420 g/mol. The van der Waals surface area contributed by atoms with E-state index in [0.29, 0.717) is 40.8 Å². The van der Waals surface area contributed by atoms with Gasteiger partial charge in [-0.25, -0.2) is 0 Å². The number of carbonyl (C=O) groups is 1. The molecule has 31 heavy (non-hydrogen) atoms. The summed E-state index contributed by atoms with van der Waals surface area (Å²) >= 11 is 0. The van der Waals surface area contributed by atoms with Crippen molar-refractivity contribution >= 4 is 11.6 Å². The molecule has 3 aromatic rings. The molecule has 1 aromatic heterocycles. The number of rotatable bonds is 9. The van der Waals surface area contributed by atoms with E-state index in [9.17, 15) is 4.79 Å². The molecule has 1 N–H and O–H groups in total. The van der Waals surface area contributed by atoms with Crippen LogP contribution in [0.4, 0.5) is 5.69 Å². The Bertz CT molecular complexity index is 1040. The molecule has 0 radical (unpaired) electrons. The first-order valence-corrected chi connectivity index (χ1v) is 10.3. The third-order valence-corrected chi connectivity index (χ3v) is 4.75. The minimum atomic E-state index is -0.231. The zero-order valence-electron chi connectivity index (χ0n) is 18.3. The molecular formula is C25H28N2O4. The van der Waals surface area contributed by atoms with Crippen molar-refractivity contribution in [1.29, 1.82) is 0 Å². The van der Waals surface area contributed by atoms with Gasteiger partial charge in [0.25, 0.3) is 5.91 Å². The first-order valence-electron chi connectivity index (χ1n) is 10.3. The second-order valence-corrected chi connectivity index (χ2v) is 7.13. The van der Waals surface area contributed by atoms with Gasteiger partial charge in [0.05, 0.1) is 29.7 Å². The lowest BCUT2D eigenvalue weighted by Crippen LogP contribution is -2.15. The number of pyridine rings is 1. The van der Waals surface area contributed by atoms with Crippen LogP contribution < -0.4 is 14.8 Å². The summed E-state index contributed by atoms with van der Waals surface area (Å²) in [7, 11) is 1.63. The van der Waals surface area contributed by atoms with Crippen LogP contribution in [0, 0.1) is 6.92 Å². The zero-order valence-corrected chi connectivity index (χ0v) is 18.3. The molecule has 0 spiro atoms. The van der Waals surface area contributed by atoms with Gasteiger partial charge in [0.2, 0.25) is 0 Å². The van der Waals surface area contributed by atoms with Crippen LogP contribution in [0.2, 0.25) is 0 Å². The van der Waals surface area contributed by atoms with Gasteiger partial charge >= 0.3 is 0 Å². The number of methoxy groups -OCH3 is 1. The van der Waals surface area contributed by atoms with Crippen LogP contribution in [-0.4, -0.2) is 24.6 Å². The molecule has 3 rings (SSSR count). The van der Waals surface area contributed by atoms with Gasteiger partial charge in [0.1, 0.15) is 5.75 Å². The molecule has 6 nitrogen and oxygen atoms in total. The number of carbonyl (C=O) groups excluding carboxylic acids is 1. The molecule has 1 atom stereocenters. The fourth-order valence-corrected chi connectivity index (χ4v) is 3.00. The van der Waals surface area contributed by atoms with E-state index in [1.54, 1.807) is 19.2 Å². The average Bonchev–Trinajstić information content (AvgIpc) is 2.78. The number of hydrogen-bond acceptors (Lipinski definition) is 5. The quantitative estimate of drug-likeness (QED) is 0.464. The van der Waals surface area contributed by atoms with Crippen molar-refractivity contribution < 1.29 is 19.0 Å². The minimum absolute atomic E-state index is 0.131. The number of para-hydroxylation sites is 2. The molecule has 0 aliphatic carbocycles.